The average Bonchev–Trinajstić information content (AvgIpc) is 2.64. The molecule has 0 aliphatic rings. The maximum Gasteiger partial charge on any atom is 0.269 e. The SMILES string of the molecule is C[C@@H](c1cccc([N+](=O)[O-])c1)N(C)C(=O)c1cccc(S(=O)(=O)NC(C)(C)C)c1. The molecule has 1 atom stereocenters. The number of nitro benzene ring substituents is 1. The van der Waals surface area contributed by atoms with Crippen molar-refractivity contribution in [3.63, 3.8) is 0 Å². The van der Waals surface area contributed by atoms with Gasteiger partial charge in [0.15, 0.2) is 0 Å². The normalized spacial score (nSPS) is 13.0. The van der Waals surface area contributed by atoms with E-state index in [0.29, 0.717) is 5.56 Å². The van der Waals surface area contributed by atoms with Gasteiger partial charge in [-0.05, 0) is 51.5 Å². The molecule has 0 saturated heterocycles. The van der Waals surface area contributed by atoms with Gasteiger partial charge in [-0.2, -0.15) is 0 Å². The van der Waals surface area contributed by atoms with Gasteiger partial charge in [0.2, 0.25) is 10.0 Å². The van der Waals surface area contributed by atoms with E-state index in [-0.39, 0.29) is 16.1 Å². The smallest absolute Gasteiger partial charge is 0.269 e. The second-order valence-corrected chi connectivity index (χ2v) is 9.51. The predicted molar refractivity (Wildman–Crippen MR) is 110 cm³/mol. The van der Waals surface area contributed by atoms with E-state index >= 15 is 0 Å². The molecule has 0 saturated carbocycles. The van der Waals surface area contributed by atoms with E-state index in [1.54, 1.807) is 46.9 Å². The minimum atomic E-state index is -3.78. The molecule has 2 aromatic carbocycles. The third-order valence-corrected chi connectivity index (χ3v) is 6.05. The van der Waals surface area contributed by atoms with Crippen molar-refractivity contribution in [3.05, 3.63) is 69.8 Å². The van der Waals surface area contributed by atoms with E-state index in [9.17, 15) is 23.3 Å². The Morgan fingerprint density at radius 2 is 1.76 bits per heavy atom. The lowest BCUT2D eigenvalue weighted by molar-refractivity contribution is -0.384. The quantitative estimate of drug-likeness (QED) is 0.569. The summed E-state index contributed by atoms with van der Waals surface area (Å²) >= 11 is 0. The van der Waals surface area contributed by atoms with Crippen molar-refractivity contribution in [2.45, 2.75) is 44.2 Å². The number of carbonyl (C=O) groups is 1. The molecule has 0 heterocycles. The third kappa shape index (κ3) is 5.61. The Bertz CT molecular complexity index is 1030. The molecule has 0 fully saturated rings. The molecule has 1 amide bonds. The predicted octanol–water partition coefficient (Wildman–Crippen LogP) is 3.50. The molecular weight excluding hydrogens is 394 g/mol. The van der Waals surface area contributed by atoms with Crippen LogP contribution in [0.4, 0.5) is 5.69 Å². The first kappa shape index (κ1) is 22.5. The van der Waals surface area contributed by atoms with Gasteiger partial charge < -0.3 is 4.90 Å². The molecule has 0 spiro atoms. The molecule has 1 N–H and O–H groups in total. The van der Waals surface area contributed by atoms with Crippen molar-refractivity contribution in [3.8, 4) is 0 Å². The van der Waals surface area contributed by atoms with Gasteiger partial charge in [-0.15, -0.1) is 0 Å². The first-order valence-electron chi connectivity index (χ1n) is 8.97. The van der Waals surface area contributed by atoms with E-state index in [2.05, 4.69) is 4.72 Å². The second kappa shape index (κ2) is 8.30. The molecule has 156 valence electrons. The largest absolute Gasteiger partial charge is 0.335 e. The molecular formula is C20H25N3O5S. The molecule has 0 bridgehead atoms. The van der Waals surface area contributed by atoms with Crippen LogP contribution in [0.15, 0.2) is 53.4 Å². The maximum absolute atomic E-state index is 12.9. The molecule has 2 rings (SSSR count). The molecule has 29 heavy (non-hydrogen) atoms. The third-order valence-electron chi connectivity index (χ3n) is 4.30. The van der Waals surface area contributed by atoms with Gasteiger partial charge in [0.25, 0.3) is 11.6 Å². The van der Waals surface area contributed by atoms with Gasteiger partial charge in [0.1, 0.15) is 0 Å². The molecule has 2 aromatic rings. The number of carbonyl (C=O) groups excluding carboxylic acids is 1. The maximum atomic E-state index is 12.9. The summed E-state index contributed by atoms with van der Waals surface area (Å²) < 4.78 is 27.7. The number of nitro groups is 1. The first-order chi connectivity index (χ1) is 13.3. The summed E-state index contributed by atoms with van der Waals surface area (Å²) in [5, 5.41) is 11.0. The summed E-state index contributed by atoms with van der Waals surface area (Å²) in [6, 6.07) is 11.4. The van der Waals surface area contributed by atoms with Crippen LogP contribution in [0.1, 0.15) is 49.7 Å². The number of sulfonamides is 1. The summed E-state index contributed by atoms with van der Waals surface area (Å²) in [6.07, 6.45) is 0. The molecule has 8 nitrogen and oxygen atoms in total. The van der Waals surface area contributed by atoms with E-state index in [0.717, 1.165) is 0 Å². The Labute approximate surface area is 170 Å². The Balaban J connectivity index is 2.30. The molecule has 0 aliphatic heterocycles. The fraction of sp³-hybridized carbons (Fsp3) is 0.350. The van der Waals surface area contributed by atoms with E-state index < -0.39 is 32.4 Å². The van der Waals surface area contributed by atoms with Gasteiger partial charge in [0.05, 0.1) is 15.9 Å². The minimum absolute atomic E-state index is 0.00493. The zero-order chi connectivity index (χ0) is 22.0. The Hall–Kier alpha value is -2.78. The number of nitrogens with one attached hydrogen (secondary N) is 1. The van der Waals surface area contributed by atoms with Crippen molar-refractivity contribution < 1.29 is 18.1 Å². The highest BCUT2D eigenvalue weighted by Crippen LogP contribution is 2.25. The van der Waals surface area contributed by atoms with Crippen LogP contribution in [0.3, 0.4) is 0 Å². The van der Waals surface area contributed by atoms with Crippen molar-refractivity contribution >= 4 is 21.6 Å². The van der Waals surface area contributed by atoms with Crippen LogP contribution in [-0.4, -0.2) is 36.7 Å². The van der Waals surface area contributed by atoms with Crippen molar-refractivity contribution in [1.82, 2.24) is 9.62 Å². The van der Waals surface area contributed by atoms with Crippen LogP contribution in [0.25, 0.3) is 0 Å². The average molecular weight is 420 g/mol. The fourth-order valence-corrected chi connectivity index (χ4v) is 4.22. The van der Waals surface area contributed by atoms with Crippen molar-refractivity contribution in [2.24, 2.45) is 0 Å². The van der Waals surface area contributed by atoms with Gasteiger partial charge in [-0.3, -0.25) is 14.9 Å². The lowest BCUT2D eigenvalue weighted by atomic mass is 10.1. The molecule has 0 aliphatic carbocycles. The number of benzene rings is 2. The van der Waals surface area contributed by atoms with E-state index in [1.165, 1.54) is 41.3 Å². The number of hydrogen-bond donors (Lipinski definition) is 1. The van der Waals surface area contributed by atoms with Crippen molar-refractivity contribution in [2.75, 3.05) is 7.05 Å². The highest BCUT2D eigenvalue weighted by molar-refractivity contribution is 7.89. The van der Waals surface area contributed by atoms with E-state index in [4.69, 9.17) is 0 Å². The summed E-state index contributed by atoms with van der Waals surface area (Å²) in [5.74, 6) is -0.392. The van der Waals surface area contributed by atoms with Gasteiger partial charge >= 0.3 is 0 Å². The highest BCUT2D eigenvalue weighted by Gasteiger charge is 2.25. The highest BCUT2D eigenvalue weighted by atomic mass is 32.2. The second-order valence-electron chi connectivity index (χ2n) is 7.83. The molecule has 9 heteroatoms. The summed E-state index contributed by atoms with van der Waals surface area (Å²) in [7, 11) is -2.21. The minimum Gasteiger partial charge on any atom is -0.335 e. The van der Waals surface area contributed by atoms with Crippen LogP contribution in [0.5, 0.6) is 0 Å². The zero-order valence-corrected chi connectivity index (χ0v) is 17.9. The first-order valence-corrected chi connectivity index (χ1v) is 10.5. The number of rotatable bonds is 6. The summed E-state index contributed by atoms with van der Waals surface area (Å²) in [5.41, 5.74) is 0.0953. The summed E-state index contributed by atoms with van der Waals surface area (Å²) in [4.78, 5) is 24.8. The lowest BCUT2D eigenvalue weighted by Gasteiger charge is -2.26. The molecule has 0 radical (unpaired) electrons. The number of hydrogen-bond acceptors (Lipinski definition) is 5. The summed E-state index contributed by atoms with van der Waals surface area (Å²) in [6.45, 7) is 6.94. The zero-order valence-electron chi connectivity index (χ0n) is 17.0. The van der Waals surface area contributed by atoms with Gasteiger partial charge in [-0.25, -0.2) is 13.1 Å². The van der Waals surface area contributed by atoms with Crippen LogP contribution in [0, 0.1) is 10.1 Å². The van der Waals surface area contributed by atoms with Gasteiger partial charge in [0, 0.05) is 30.3 Å². The number of nitrogens with zero attached hydrogens (tertiary/aromatic N) is 2. The number of non-ortho nitro benzene ring substituents is 1. The van der Waals surface area contributed by atoms with Crippen LogP contribution < -0.4 is 4.72 Å². The topological polar surface area (TPSA) is 110 Å². The monoisotopic (exact) mass is 419 g/mol. The number of amides is 1. The Morgan fingerprint density at radius 1 is 1.14 bits per heavy atom. The van der Waals surface area contributed by atoms with Gasteiger partial charge in [-0.1, -0.05) is 18.2 Å². The fourth-order valence-electron chi connectivity index (χ4n) is 2.76. The standard InChI is InChI=1S/C20H25N3O5S/c1-14(15-8-6-10-17(12-15)23(25)26)22(5)19(24)16-9-7-11-18(13-16)29(27,28)21-20(2,3)4/h6-14,21H,1-5H3/t14-/m0/s1. The van der Waals surface area contributed by atoms with Crippen molar-refractivity contribution in [1.29, 1.82) is 0 Å². The lowest BCUT2D eigenvalue weighted by Crippen LogP contribution is -2.40. The Kier molecular flexibility index (Phi) is 6.44. The van der Waals surface area contributed by atoms with E-state index in [1.807, 2.05) is 0 Å². The van der Waals surface area contributed by atoms with Crippen LogP contribution in [0.2, 0.25) is 0 Å². The van der Waals surface area contributed by atoms with Crippen LogP contribution in [-0.2, 0) is 10.0 Å². The molecule has 0 unspecified atom stereocenters. The Morgan fingerprint density at radius 3 is 2.34 bits per heavy atom. The molecule has 0 aromatic heterocycles. The van der Waals surface area contributed by atoms with Crippen LogP contribution >= 0.6 is 0 Å².